The second-order valence-electron chi connectivity index (χ2n) is 4.36. The summed E-state index contributed by atoms with van der Waals surface area (Å²) >= 11 is 2.81. The molecule has 0 fully saturated rings. The van der Waals surface area contributed by atoms with Gasteiger partial charge in [0.1, 0.15) is 5.51 Å². The van der Waals surface area contributed by atoms with Gasteiger partial charge in [-0.2, -0.15) is 0 Å². The Morgan fingerprint density at radius 3 is 3.11 bits per heavy atom. The fraction of sp³-hybridized carbons (Fsp3) is 0.583. The van der Waals surface area contributed by atoms with Crippen LogP contribution in [-0.4, -0.2) is 28.5 Å². The maximum Gasteiger partial charge on any atom is 0.316 e. The number of nitrogens with zero attached hydrogens (tertiary/aromatic N) is 2. The summed E-state index contributed by atoms with van der Waals surface area (Å²) in [5.41, 5.74) is 1.66. The van der Waals surface area contributed by atoms with E-state index in [1.165, 1.54) is 23.1 Å². The van der Waals surface area contributed by atoms with E-state index in [1.54, 1.807) is 5.51 Å². The third-order valence-electron chi connectivity index (χ3n) is 3.03. The summed E-state index contributed by atoms with van der Waals surface area (Å²) in [6.45, 7) is 2.74. The maximum absolute atomic E-state index is 11.6. The van der Waals surface area contributed by atoms with E-state index >= 15 is 0 Å². The van der Waals surface area contributed by atoms with Gasteiger partial charge in [-0.3, -0.25) is 4.79 Å². The Bertz CT molecular complexity index is 406. The minimum Gasteiger partial charge on any atom is -0.465 e. The normalized spacial score (nSPS) is 22.9. The molecule has 1 aliphatic carbocycles. The molecule has 1 aromatic rings. The zero-order valence-corrected chi connectivity index (χ0v) is 11.9. The maximum atomic E-state index is 11.6. The number of hydrogen-bond acceptors (Lipinski definition) is 6. The Labute approximate surface area is 115 Å². The van der Waals surface area contributed by atoms with Crippen molar-refractivity contribution in [2.75, 3.05) is 12.4 Å². The number of allylic oxidation sites excluding steroid dienone is 2. The number of rotatable bonds is 5. The van der Waals surface area contributed by atoms with Gasteiger partial charge in [-0.25, -0.2) is 0 Å². The van der Waals surface area contributed by atoms with E-state index < -0.39 is 0 Å². The lowest BCUT2D eigenvalue weighted by Crippen LogP contribution is -2.22. The van der Waals surface area contributed by atoms with Gasteiger partial charge in [-0.15, -0.1) is 10.2 Å². The van der Waals surface area contributed by atoms with Crippen LogP contribution in [0, 0.1) is 11.8 Å². The smallest absolute Gasteiger partial charge is 0.316 e. The van der Waals surface area contributed by atoms with Gasteiger partial charge >= 0.3 is 5.97 Å². The first-order valence-electron chi connectivity index (χ1n) is 5.95. The van der Waals surface area contributed by atoms with Crippen molar-refractivity contribution in [3.05, 3.63) is 17.7 Å². The highest BCUT2D eigenvalue weighted by Gasteiger charge is 2.20. The van der Waals surface area contributed by atoms with Crippen molar-refractivity contribution in [1.82, 2.24) is 10.2 Å². The van der Waals surface area contributed by atoms with E-state index in [-0.39, 0.29) is 5.97 Å². The third kappa shape index (κ3) is 4.10. The molecule has 0 radical (unpaired) electrons. The molecule has 1 aromatic heterocycles. The van der Waals surface area contributed by atoms with Crippen LogP contribution in [0.5, 0.6) is 0 Å². The molecule has 0 N–H and O–H groups in total. The molecule has 0 aliphatic heterocycles. The highest BCUT2D eigenvalue weighted by Crippen LogP contribution is 2.25. The average Bonchev–Trinajstić information content (AvgIpc) is 2.88. The fourth-order valence-electron chi connectivity index (χ4n) is 1.83. The highest BCUT2D eigenvalue weighted by atomic mass is 32.2. The molecule has 0 bridgehead atoms. The Morgan fingerprint density at radius 1 is 1.56 bits per heavy atom. The van der Waals surface area contributed by atoms with Crippen molar-refractivity contribution in [2.45, 2.75) is 24.1 Å². The van der Waals surface area contributed by atoms with Crippen LogP contribution in [-0.2, 0) is 9.53 Å². The predicted molar refractivity (Wildman–Crippen MR) is 72.6 cm³/mol. The second-order valence-corrected chi connectivity index (χ2v) is 6.41. The highest BCUT2D eigenvalue weighted by molar-refractivity contribution is 8.01. The minimum atomic E-state index is -0.169. The molecule has 1 heterocycles. The molecule has 0 saturated heterocycles. The van der Waals surface area contributed by atoms with Crippen molar-refractivity contribution >= 4 is 29.1 Å². The van der Waals surface area contributed by atoms with E-state index in [1.807, 2.05) is 0 Å². The summed E-state index contributed by atoms with van der Waals surface area (Å²) in [7, 11) is 0. The summed E-state index contributed by atoms with van der Waals surface area (Å²) in [5, 5.41) is 7.58. The van der Waals surface area contributed by atoms with Gasteiger partial charge < -0.3 is 4.74 Å². The van der Waals surface area contributed by atoms with Gasteiger partial charge in [0.25, 0.3) is 0 Å². The topological polar surface area (TPSA) is 52.1 Å². The van der Waals surface area contributed by atoms with Crippen LogP contribution in [0.4, 0.5) is 0 Å². The van der Waals surface area contributed by atoms with Crippen molar-refractivity contribution in [3.8, 4) is 0 Å². The van der Waals surface area contributed by atoms with Crippen LogP contribution < -0.4 is 0 Å². The van der Waals surface area contributed by atoms with Gasteiger partial charge in [0, 0.05) is 0 Å². The number of thioether (sulfide) groups is 1. The van der Waals surface area contributed by atoms with E-state index in [4.69, 9.17) is 4.74 Å². The molecular weight excluding hydrogens is 268 g/mol. The molecule has 0 saturated carbocycles. The van der Waals surface area contributed by atoms with Crippen molar-refractivity contribution in [1.29, 1.82) is 0 Å². The molecule has 1 aliphatic rings. The quantitative estimate of drug-likeness (QED) is 0.473. The Hall–Kier alpha value is -0.880. The SMILES string of the molecule is C[C@@H]1CC=CC[C@@H]1COC(=O)CSc1nncs1. The first-order valence-corrected chi connectivity index (χ1v) is 7.82. The van der Waals surface area contributed by atoms with E-state index in [9.17, 15) is 4.79 Å². The van der Waals surface area contributed by atoms with Gasteiger partial charge in [0.05, 0.1) is 12.4 Å². The van der Waals surface area contributed by atoms with Crippen LogP contribution >= 0.6 is 23.1 Å². The third-order valence-corrected chi connectivity index (χ3v) is 4.86. The molecule has 18 heavy (non-hydrogen) atoms. The Kier molecular flexibility index (Phi) is 5.19. The average molecular weight is 284 g/mol. The number of ether oxygens (including phenoxy) is 1. The number of esters is 1. The van der Waals surface area contributed by atoms with Crippen molar-refractivity contribution in [2.24, 2.45) is 11.8 Å². The fourth-order valence-corrected chi connectivity index (χ4v) is 3.11. The molecule has 0 spiro atoms. The lowest BCUT2D eigenvalue weighted by atomic mass is 9.85. The van der Waals surface area contributed by atoms with Crippen molar-refractivity contribution < 1.29 is 9.53 Å². The zero-order valence-electron chi connectivity index (χ0n) is 10.2. The van der Waals surface area contributed by atoms with Crippen LogP contribution in [0.25, 0.3) is 0 Å². The number of aromatic nitrogens is 2. The number of hydrogen-bond donors (Lipinski definition) is 0. The Morgan fingerprint density at radius 2 is 2.39 bits per heavy atom. The standard InChI is InChI=1S/C12H16N2O2S2/c1-9-4-2-3-5-10(9)6-16-11(15)7-17-12-14-13-8-18-12/h2-3,8-10H,4-7H2,1H3/t9-,10-/m1/s1. The zero-order chi connectivity index (χ0) is 12.8. The summed E-state index contributed by atoms with van der Waals surface area (Å²) in [6, 6.07) is 0. The van der Waals surface area contributed by atoms with Crippen LogP contribution in [0.1, 0.15) is 19.8 Å². The van der Waals surface area contributed by atoms with E-state index in [0.717, 1.165) is 17.2 Å². The molecule has 6 heteroatoms. The largest absolute Gasteiger partial charge is 0.465 e. The first kappa shape index (κ1) is 13.5. The van der Waals surface area contributed by atoms with Gasteiger partial charge in [0.2, 0.25) is 0 Å². The van der Waals surface area contributed by atoms with Crippen LogP contribution in [0.3, 0.4) is 0 Å². The van der Waals surface area contributed by atoms with E-state index in [0.29, 0.717) is 24.2 Å². The van der Waals surface area contributed by atoms with Crippen molar-refractivity contribution in [3.63, 3.8) is 0 Å². The number of carbonyl (C=O) groups excluding carboxylic acids is 1. The minimum absolute atomic E-state index is 0.169. The van der Waals surface area contributed by atoms with Gasteiger partial charge in [0.15, 0.2) is 4.34 Å². The summed E-state index contributed by atoms with van der Waals surface area (Å²) < 4.78 is 6.12. The predicted octanol–water partition coefficient (Wildman–Crippen LogP) is 2.78. The summed E-state index contributed by atoms with van der Waals surface area (Å²) in [4.78, 5) is 11.6. The first-order chi connectivity index (χ1) is 8.75. The number of carbonyl (C=O) groups is 1. The molecule has 98 valence electrons. The second kappa shape index (κ2) is 6.89. The van der Waals surface area contributed by atoms with Gasteiger partial charge in [-0.05, 0) is 24.7 Å². The van der Waals surface area contributed by atoms with E-state index in [2.05, 4.69) is 29.3 Å². The monoisotopic (exact) mass is 284 g/mol. The summed E-state index contributed by atoms with van der Waals surface area (Å²) in [6.07, 6.45) is 6.47. The lowest BCUT2D eigenvalue weighted by molar-refractivity contribution is -0.142. The Balaban J connectivity index is 1.67. The lowest BCUT2D eigenvalue weighted by Gasteiger charge is -2.24. The molecule has 2 rings (SSSR count). The summed E-state index contributed by atoms with van der Waals surface area (Å²) in [5.74, 6) is 1.20. The molecule has 4 nitrogen and oxygen atoms in total. The molecular formula is C12H16N2O2S2. The van der Waals surface area contributed by atoms with Crippen LogP contribution in [0.2, 0.25) is 0 Å². The van der Waals surface area contributed by atoms with Gasteiger partial charge in [-0.1, -0.05) is 42.2 Å². The molecule has 2 atom stereocenters. The molecule has 0 amide bonds. The molecule has 0 aromatic carbocycles. The van der Waals surface area contributed by atoms with Crippen LogP contribution in [0.15, 0.2) is 22.0 Å². The molecule has 0 unspecified atom stereocenters.